The van der Waals surface area contributed by atoms with Crippen molar-refractivity contribution in [1.29, 1.82) is 0 Å². The summed E-state index contributed by atoms with van der Waals surface area (Å²) in [6.07, 6.45) is 1.63. The molecule has 110 valence electrons. The normalized spacial score (nSPS) is 10.0. The highest BCUT2D eigenvalue weighted by Gasteiger charge is 2.11. The third-order valence-corrected chi connectivity index (χ3v) is 2.90. The van der Waals surface area contributed by atoms with Crippen LogP contribution in [0.3, 0.4) is 0 Å². The van der Waals surface area contributed by atoms with E-state index in [1.165, 1.54) is 19.2 Å². The topological polar surface area (TPSA) is 86.5 Å². The standard InChI is InChI=1S/C14H15N3O4/c1-20-13-5-4-12(17(18)19)7-10(13)8-15-11-3-6-14(21-2)16-9-11/h3-7,9,15H,8H2,1-2H3. The van der Waals surface area contributed by atoms with Gasteiger partial charge in [-0.15, -0.1) is 0 Å². The first-order chi connectivity index (χ1) is 10.1. The van der Waals surface area contributed by atoms with E-state index in [2.05, 4.69) is 10.3 Å². The number of methoxy groups -OCH3 is 2. The van der Waals surface area contributed by atoms with E-state index in [-0.39, 0.29) is 5.69 Å². The molecular weight excluding hydrogens is 274 g/mol. The van der Waals surface area contributed by atoms with Gasteiger partial charge in [0.1, 0.15) is 5.75 Å². The van der Waals surface area contributed by atoms with Crippen LogP contribution in [0.1, 0.15) is 5.56 Å². The number of benzene rings is 1. The molecule has 1 N–H and O–H groups in total. The summed E-state index contributed by atoms with van der Waals surface area (Å²) in [6, 6.07) is 8.03. The summed E-state index contributed by atoms with van der Waals surface area (Å²) in [4.78, 5) is 14.5. The Hall–Kier alpha value is -2.83. The molecule has 0 saturated carbocycles. The van der Waals surface area contributed by atoms with Crippen LogP contribution in [0.15, 0.2) is 36.5 Å². The number of non-ortho nitro benzene ring substituents is 1. The highest BCUT2D eigenvalue weighted by Crippen LogP contribution is 2.25. The highest BCUT2D eigenvalue weighted by molar-refractivity contribution is 5.48. The molecule has 0 radical (unpaired) electrons. The summed E-state index contributed by atoms with van der Waals surface area (Å²) < 4.78 is 10.2. The molecule has 0 aliphatic rings. The van der Waals surface area contributed by atoms with E-state index in [1.54, 1.807) is 25.4 Å². The van der Waals surface area contributed by atoms with Gasteiger partial charge in [0.05, 0.1) is 31.0 Å². The van der Waals surface area contributed by atoms with Crippen LogP contribution in [-0.2, 0) is 6.54 Å². The van der Waals surface area contributed by atoms with Gasteiger partial charge in [-0.05, 0) is 12.1 Å². The largest absolute Gasteiger partial charge is 0.496 e. The monoisotopic (exact) mass is 289 g/mol. The molecule has 1 aromatic carbocycles. The smallest absolute Gasteiger partial charge is 0.270 e. The van der Waals surface area contributed by atoms with E-state index in [4.69, 9.17) is 9.47 Å². The average molecular weight is 289 g/mol. The molecule has 2 aromatic rings. The molecular formula is C14H15N3O4. The minimum Gasteiger partial charge on any atom is -0.496 e. The van der Waals surface area contributed by atoms with Crippen molar-refractivity contribution in [3.63, 3.8) is 0 Å². The molecule has 1 aromatic heterocycles. The Balaban J connectivity index is 2.13. The SMILES string of the molecule is COc1ccc(NCc2cc([N+](=O)[O-])ccc2OC)cn1. The second-order valence-corrected chi connectivity index (χ2v) is 4.20. The van der Waals surface area contributed by atoms with Crippen molar-refractivity contribution < 1.29 is 14.4 Å². The maximum Gasteiger partial charge on any atom is 0.270 e. The number of ether oxygens (including phenoxy) is 2. The van der Waals surface area contributed by atoms with E-state index < -0.39 is 4.92 Å². The summed E-state index contributed by atoms with van der Waals surface area (Å²) in [5, 5.41) is 14.0. The van der Waals surface area contributed by atoms with Crippen molar-refractivity contribution in [1.82, 2.24) is 4.98 Å². The van der Waals surface area contributed by atoms with Crippen molar-refractivity contribution in [3.8, 4) is 11.6 Å². The summed E-state index contributed by atoms with van der Waals surface area (Å²) in [7, 11) is 3.07. The summed E-state index contributed by atoms with van der Waals surface area (Å²) in [5.41, 5.74) is 1.51. The lowest BCUT2D eigenvalue weighted by Crippen LogP contribution is -2.03. The number of hydrogen-bond donors (Lipinski definition) is 1. The zero-order valence-electron chi connectivity index (χ0n) is 11.7. The number of pyridine rings is 1. The molecule has 0 atom stereocenters. The van der Waals surface area contributed by atoms with E-state index in [0.717, 1.165) is 5.69 Å². The van der Waals surface area contributed by atoms with E-state index in [0.29, 0.717) is 23.7 Å². The van der Waals surface area contributed by atoms with Gasteiger partial charge in [-0.3, -0.25) is 10.1 Å². The first kappa shape index (κ1) is 14.6. The zero-order valence-corrected chi connectivity index (χ0v) is 11.7. The minimum atomic E-state index is -0.433. The van der Waals surface area contributed by atoms with Crippen molar-refractivity contribution in [2.24, 2.45) is 0 Å². The Morgan fingerprint density at radius 1 is 1.24 bits per heavy atom. The molecule has 0 aliphatic carbocycles. The second-order valence-electron chi connectivity index (χ2n) is 4.20. The molecule has 0 unspecified atom stereocenters. The molecule has 21 heavy (non-hydrogen) atoms. The number of nitrogens with one attached hydrogen (secondary N) is 1. The summed E-state index contributed by atoms with van der Waals surface area (Å²) in [6.45, 7) is 0.388. The molecule has 0 aliphatic heterocycles. The lowest BCUT2D eigenvalue weighted by atomic mass is 10.1. The Morgan fingerprint density at radius 3 is 2.62 bits per heavy atom. The zero-order chi connectivity index (χ0) is 15.2. The van der Waals surface area contributed by atoms with Gasteiger partial charge in [0.25, 0.3) is 5.69 Å². The lowest BCUT2D eigenvalue weighted by Gasteiger charge is -2.10. The van der Waals surface area contributed by atoms with Crippen LogP contribution in [0.2, 0.25) is 0 Å². The minimum absolute atomic E-state index is 0.0282. The Bertz CT molecular complexity index is 629. The maximum atomic E-state index is 10.8. The van der Waals surface area contributed by atoms with Crippen LogP contribution in [0.4, 0.5) is 11.4 Å². The van der Waals surface area contributed by atoms with Crippen LogP contribution < -0.4 is 14.8 Å². The number of rotatable bonds is 6. The average Bonchev–Trinajstić information content (AvgIpc) is 2.53. The predicted molar refractivity (Wildman–Crippen MR) is 77.8 cm³/mol. The van der Waals surface area contributed by atoms with Gasteiger partial charge in [0.2, 0.25) is 5.88 Å². The first-order valence-corrected chi connectivity index (χ1v) is 6.19. The molecule has 0 amide bonds. The predicted octanol–water partition coefficient (Wildman–Crippen LogP) is 2.62. The van der Waals surface area contributed by atoms with Crippen LogP contribution in [0.25, 0.3) is 0 Å². The lowest BCUT2D eigenvalue weighted by molar-refractivity contribution is -0.384. The molecule has 0 spiro atoms. The first-order valence-electron chi connectivity index (χ1n) is 6.19. The van der Waals surface area contributed by atoms with Gasteiger partial charge in [-0.1, -0.05) is 0 Å². The molecule has 2 rings (SSSR count). The number of aromatic nitrogens is 1. The van der Waals surface area contributed by atoms with Crippen LogP contribution in [-0.4, -0.2) is 24.1 Å². The van der Waals surface area contributed by atoms with Gasteiger partial charge in [0, 0.05) is 30.3 Å². The fourth-order valence-corrected chi connectivity index (χ4v) is 1.82. The molecule has 0 saturated heterocycles. The molecule has 0 fully saturated rings. The van der Waals surface area contributed by atoms with Gasteiger partial charge < -0.3 is 14.8 Å². The highest BCUT2D eigenvalue weighted by atomic mass is 16.6. The van der Waals surface area contributed by atoms with Gasteiger partial charge in [-0.25, -0.2) is 4.98 Å². The Kier molecular flexibility index (Phi) is 4.55. The van der Waals surface area contributed by atoms with Crippen molar-refractivity contribution >= 4 is 11.4 Å². The third kappa shape index (κ3) is 3.59. The van der Waals surface area contributed by atoms with Gasteiger partial charge in [-0.2, -0.15) is 0 Å². The van der Waals surface area contributed by atoms with Gasteiger partial charge in [0.15, 0.2) is 0 Å². The number of nitro benzene ring substituents is 1. The van der Waals surface area contributed by atoms with E-state index in [9.17, 15) is 10.1 Å². The number of anilines is 1. The summed E-state index contributed by atoms with van der Waals surface area (Å²) >= 11 is 0. The molecule has 0 bridgehead atoms. The quantitative estimate of drug-likeness (QED) is 0.649. The van der Waals surface area contributed by atoms with Crippen LogP contribution in [0, 0.1) is 10.1 Å². The fraction of sp³-hybridized carbons (Fsp3) is 0.214. The van der Waals surface area contributed by atoms with Crippen molar-refractivity contribution in [3.05, 3.63) is 52.2 Å². The van der Waals surface area contributed by atoms with Gasteiger partial charge >= 0.3 is 0 Å². The van der Waals surface area contributed by atoms with E-state index >= 15 is 0 Å². The van der Waals surface area contributed by atoms with E-state index in [1.807, 2.05) is 6.07 Å². The van der Waals surface area contributed by atoms with Crippen molar-refractivity contribution in [2.75, 3.05) is 19.5 Å². The van der Waals surface area contributed by atoms with Crippen LogP contribution >= 0.6 is 0 Å². The Labute approximate surface area is 121 Å². The number of hydrogen-bond acceptors (Lipinski definition) is 6. The Morgan fingerprint density at radius 2 is 2.05 bits per heavy atom. The van der Waals surface area contributed by atoms with Crippen LogP contribution in [0.5, 0.6) is 11.6 Å². The number of nitrogens with zero attached hydrogens (tertiary/aromatic N) is 2. The maximum absolute atomic E-state index is 10.8. The molecule has 7 heteroatoms. The van der Waals surface area contributed by atoms with Crippen molar-refractivity contribution in [2.45, 2.75) is 6.54 Å². The fourth-order valence-electron chi connectivity index (χ4n) is 1.82. The molecule has 1 heterocycles. The number of nitro groups is 1. The molecule has 7 nitrogen and oxygen atoms in total. The third-order valence-electron chi connectivity index (χ3n) is 2.90. The summed E-state index contributed by atoms with van der Waals surface area (Å²) in [5.74, 6) is 1.11. The second kappa shape index (κ2) is 6.56.